The largest absolute Gasteiger partial charge is 0.374 e. The molecule has 0 spiro atoms. The third kappa shape index (κ3) is 4.64. The van der Waals surface area contributed by atoms with Gasteiger partial charge in [0.1, 0.15) is 0 Å². The standard InChI is InChI=1S/C15H27N3O/c1-4-17-7-8-19-15(11-17)12-18-6-5-14(10-18)9-16-13(2)3/h5-6,10,13,15-16H,4,7-9,11-12H2,1-3H3. The van der Waals surface area contributed by atoms with E-state index in [2.05, 4.69) is 54.0 Å². The Morgan fingerprint density at radius 1 is 1.47 bits per heavy atom. The Balaban J connectivity index is 1.82. The van der Waals surface area contributed by atoms with E-state index in [4.69, 9.17) is 4.74 Å². The smallest absolute Gasteiger partial charge is 0.0880 e. The van der Waals surface area contributed by atoms with Crippen molar-refractivity contribution in [2.75, 3.05) is 26.2 Å². The van der Waals surface area contributed by atoms with Crippen LogP contribution in [0.3, 0.4) is 0 Å². The number of nitrogens with one attached hydrogen (secondary N) is 1. The molecule has 0 aromatic carbocycles. The lowest BCUT2D eigenvalue weighted by Gasteiger charge is -2.32. The van der Waals surface area contributed by atoms with E-state index in [0.29, 0.717) is 12.1 Å². The summed E-state index contributed by atoms with van der Waals surface area (Å²) in [7, 11) is 0. The average Bonchev–Trinajstić information content (AvgIpc) is 2.84. The minimum Gasteiger partial charge on any atom is -0.374 e. The van der Waals surface area contributed by atoms with Crippen LogP contribution < -0.4 is 5.32 Å². The van der Waals surface area contributed by atoms with E-state index in [1.54, 1.807) is 0 Å². The van der Waals surface area contributed by atoms with Gasteiger partial charge in [0.2, 0.25) is 0 Å². The summed E-state index contributed by atoms with van der Waals surface area (Å²) in [6.45, 7) is 12.6. The van der Waals surface area contributed by atoms with Crippen molar-refractivity contribution in [1.29, 1.82) is 0 Å². The van der Waals surface area contributed by atoms with E-state index in [-0.39, 0.29) is 0 Å². The molecule has 2 rings (SSSR count). The fourth-order valence-electron chi connectivity index (χ4n) is 2.44. The van der Waals surface area contributed by atoms with Crippen LogP contribution in [0.1, 0.15) is 26.3 Å². The number of hydrogen-bond acceptors (Lipinski definition) is 3. The highest BCUT2D eigenvalue weighted by molar-refractivity contribution is 5.10. The van der Waals surface area contributed by atoms with E-state index in [9.17, 15) is 0 Å². The van der Waals surface area contributed by atoms with Crippen LogP contribution in [-0.2, 0) is 17.8 Å². The fraction of sp³-hybridized carbons (Fsp3) is 0.733. The van der Waals surface area contributed by atoms with Gasteiger partial charge in [0, 0.05) is 44.6 Å². The summed E-state index contributed by atoms with van der Waals surface area (Å²) in [5.74, 6) is 0. The SMILES string of the molecule is CCN1CCOC(Cn2ccc(CNC(C)C)c2)C1. The van der Waals surface area contributed by atoms with Crippen LogP contribution in [0.25, 0.3) is 0 Å². The first-order valence-electron chi connectivity index (χ1n) is 7.39. The van der Waals surface area contributed by atoms with Crippen LogP contribution in [0.15, 0.2) is 18.5 Å². The molecule has 2 heterocycles. The molecule has 1 aliphatic rings. The highest BCUT2D eigenvalue weighted by atomic mass is 16.5. The highest BCUT2D eigenvalue weighted by Crippen LogP contribution is 2.09. The molecule has 1 fully saturated rings. The molecule has 0 aliphatic carbocycles. The zero-order valence-electron chi connectivity index (χ0n) is 12.4. The summed E-state index contributed by atoms with van der Waals surface area (Å²) >= 11 is 0. The molecule has 0 amide bonds. The molecule has 108 valence electrons. The van der Waals surface area contributed by atoms with Crippen molar-refractivity contribution in [3.05, 3.63) is 24.0 Å². The minimum atomic E-state index is 0.326. The van der Waals surface area contributed by atoms with Crippen molar-refractivity contribution in [2.24, 2.45) is 0 Å². The summed E-state index contributed by atoms with van der Waals surface area (Å²) in [4.78, 5) is 2.46. The molecule has 1 unspecified atom stereocenters. The second-order valence-electron chi connectivity index (χ2n) is 5.64. The van der Waals surface area contributed by atoms with Gasteiger partial charge in [-0.2, -0.15) is 0 Å². The van der Waals surface area contributed by atoms with Gasteiger partial charge in [-0.25, -0.2) is 0 Å². The lowest BCUT2D eigenvalue weighted by Crippen LogP contribution is -2.43. The summed E-state index contributed by atoms with van der Waals surface area (Å²) < 4.78 is 8.09. The lowest BCUT2D eigenvalue weighted by atomic mass is 10.2. The lowest BCUT2D eigenvalue weighted by molar-refractivity contribution is -0.0342. The predicted molar refractivity (Wildman–Crippen MR) is 78.3 cm³/mol. The molecular formula is C15H27N3O. The van der Waals surface area contributed by atoms with Crippen molar-refractivity contribution >= 4 is 0 Å². The summed E-state index contributed by atoms with van der Waals surface area (Å²) in [5, 5.41) is 3.44. The molecule has 0 saturated carbocycles. The maximum Gasteiger partial charge on any atom is 0.0880 e. The molecule has 1 N–H and O–H groups in total. The van der Waals surface area contributed by atoms with Crippen LogP contribution in [-0.4, -0.2) is 47.9 Å². The van der Waals surface area contributed by atoms with E-state index in [1.165, 1.54) is 5.56 Å². The van der Waals surface area contributed by atoms with Crippen molar-refractivity contribution in [1.82, 2.24) is 14.8 Å². The Hall–Kier alpha value is -0.840. The number of rotatable bonds is 6. The Bertz CT molecular complexity index is 375. The van der Waals surface area contributed by atoms with E-state index >= 15 is 0 Å². The Morgan fingerprint density at radius 2 is 2.32 bits per heavy atom. The summed E-state index contributed by atoms with van der Waals surface area (Å²) in [5.41, 5.74) is 1.34. The molecular weight excluding hydrogens is 238 g/mol. The van der Waals surface area contributed by atoms with Gasteiger partial charge in [-0.15, -0.1) is 0 Å². The molecule has 4 nitrogen and oxygen atoms in total. The van der Waals surface area contributed by atoms with Gasteiger partial charge >= 0.3 is 0 Å². The van der Waals surface area contributed by atoms with Gasteiger partial charge in [-0.3, -0.25) is 4.90 Å². The van der Waals surface area contributed by atoms with Gasteiger partial charge in [0.25, 0.3) is 0 Å². The molecule has 1 aliphatic heterocycles. The second kappa shape index (κ2) is 7.08. The molecule has 1 aromatic rings. The van der Waals surface area contributed by atoms with Crippen LogP contribution in [0, 0.1) is 0 Å². The maximum atomic E-state index is 5.84. The Morgan fingerprint density at radius 3 is 3.05 bits per heavy atom. The van der Waals surface area contributed by atoms with Crippen LogP contribution in [0.5, 0.6) is 0 Å². The van der Waals surface area contributed by atoms with Crippen LogP contribution in [0.4, 0.5) is 0 Å². The number of ether oxygens (including phenoxy) is 1. The third-order valence-electron chi connectivity index (χ3n) is 3.61. The number of morpholine rings is 1. The maximum absolute atomic E-state index is 5.84. The van der Waals surface area contributed by atoms with Crippen LogP contribution in [0.2, 0.25) is 0 Å². The number of nitrogens with zero attached hydrogens (tertiary/aromatic N) is 2. The summed E-state index contributed by atoms with van der Waals surface area (Å²) in [6.07, 6.45) is 4.71. The van der Waals surface area contributed by atoms with Gasteiger partial charge in [0.05, 0.1) is 12.7 Å². The zero-order chi connectivity index (χ0) is 13.7. The summed E-state index contributed by atoms with van der Waals surface area (Å²) in [6, 6.07) is 2.72. The molecule has 0 bridgehead atoms. The first kappa shape index (κ1) is 14.6. The van der Waals surface area contributed by atoms with E-state index in [1.807, 2.05) is 0 Å². The van der Waals surface area contributed by atoms with Crippen molar-refractivity contribution in [2.45, 2.75) is 46.0 Å². The number of hydrogen-bond donors (Lipinski definition) is 1. The predicted octanol–water partition coefficient (Wildman–Crippen LogP) is 1.71. The number of aromatic nitrogens is 1. The van der Waals surface area contributed by atoms with Gasteiger partial charge in [0.15, 0.2) is 0 Å². The van der Waals surface area contributed by atoms with Crippen molar-refractivity contribution in [3.63, 3.8) is 0 Å². The second-order valence-corrected chi connectivity index (χ2v) is 5.64. The fourth-order valence-corrected chi connectivity index (χ4v) is 2.44. The van der Waals surface area contributed by atoms with Crippen molar-refractivity contribution < 1.29 is 4.74 Å². The number of likely N-dealkylation sites (N-methyl/N-ethyl adjacent to an activating group) is 1. The molecule has 4 heteroatoms. The molecule has 1 aromatic heterocycles. The first-order chi connectivity index (χ1) is 9.17. The average molecular weight is 265 g/mol. The van der Waals surface area contributed by atoms with Gasteiger partial charge in [-0.05, 0) is 18.2 Å². The Kier molecular flexibility index (Phi) is 5.43. The van der Waals surface area contributed by atoms with Gasteiger partial charge in [-0.1, -0.05) is 20.8 Å². The van der Waals surface area contributed by atoms with Crippen LogP contribution >= 0.6 is 0 Å². The highest BCUT2D eigenvalue weighted by Gasteiger charge is 2.19. The van der Waals surface area contributed by atoms with Crippen molar-refractivity contribution in [3.8, 4) is 0 Å². The third-order valence-corrected chi connectivity index (χ3v) is 3.61. The first-order valence-corrected chi connectivity index (χ1v) is 7.39. The zero-order valence-corrected chi connectivity index (χ0v) is 12.4. The molecule has 19 heavy (non-hydrogen) atoms. The minimum absolute atomic E-state index is 0.326. The molecule has 0 radical (unpaired) electrons. The quantitative estimate of drug-likeness (QED) is 0.849. The molecule has 1 saturated heterocycles. The van der Waals surface area contributed by atoms with E-state index in [0.717, 1.165) is 39.3 Å². The topological polar surface area (TPSA) is 29.4 Å². The Labute approximate surface area is 116 Å². The molecule has 1 atom stereocenters. The van der Waals surface area contributed by atoms with E-state index < -0.39 is 0 Å². The monoisotopic (exact) mass is 265 g/mol. The normalized spacial score (nSPS) is 21.2. The van der Waals surface area contributed by atoms with Gasteiger partial charge < -0.3 is 14.6 Å².